The molecule has 2 heterocycles. The summed E-state index contributed by atoms with van der Waals surface area (Å²) in [7, 11) is 0. The van der Waals surface area contributed by atoms with Crippen molar-refractivity contribution >= 4 is 28.5 Å². The molecule has 0 spiro atoms. The molecule has 6 heteroatoms. The summed E-state index contributed by atoms with van der Waals surface area (Å²) in [5.74, 6) is 1.63. The molecule has 19 heavy (non-hydrogen) atoms. The molecule has 0 amide bonds. The van der Waals surface area contributed by atoms with E-state index in [1.165, 1.54) is 3.57 Å². The van der Waals surface area contributed by atoms with Crippen LogP contribution in [-0.2, 0) is 0 Å². The summed E-state index contributed by atoms with van der Waals surface area (Å²) in [6.07, 6.45) is 0. The number of nitrogens with zero attached hydrogens (tertiary/aromatic N) is 3. The van der Waals surface area contributed by atoms with Gasteiger partial charge < -0.3 is 10.2 Å². The molecule has 1 unspecified atom stereocenters. The van der Waals surface area contributed by atoms with Crippen molar-refractivity contribution in [2.45, 2.75) is 13.0 Å². The monoisotopic (exact) mass is 369 g/mol. The fourth-order valence-corrected chi connectivity index (χ4v) is 2.82. The first-order valence-electron chi connectivity index (χ1n) is 6.39. The Hall–Kier alpha value is -1.15. The van der Waals surface area contributed by atoms with Gasteiger partial charge >= 0.3 is 0 Å². The lowest BCUT2D eigenvalue weighted by Crippen LogP contribution is -2.49. The van der Waals surface area contributed by atoms with E-state index < -0.39 is 0 Å². The number of hydrogen-bond donors (Lipinski definition) is 2. The summed E-state index contributed by atoms with van der Waals surface area (Å²) in [6, 6.07) is 8.73. The summed E-state index contributed by atoms with van der Waals surface area (Å²) >= 11 is 2.30. The molecular weight excluding hydrogens is 353 g/mol. The Labute approximate surface area is 125 Å². The second-order valence-corrected chi connectivity index (χ2v) is 6.04. The molecule has 0 radical (unpaired) electrons. The van der Waals surface area contributed by atoms with E-state index >= 15 is 0 Å². The lowest BCUT2D eigenvalue weighted by atomic mass is 10.2. The van der Waals surface area contributed by atoms with Crippen molar-refractivity contribution in [1.82, 2.24) is 20.5 Å². The van der Waals surface area contributed by atoms with Gasteiger partial charge in [-0.1, -0.05) is 12.1 Å². The Morgan fingerprint density at radius 2 is 2.32 bits per heavy atom. The highest BCUT2D eigenvalue weighted by Crippen LogP contribution is 2.20. The molecule has 1 saturated heterocycles. The third-order valence-corrected chi connectivity index (χ3v) is 3.89. The summed E-state index contributed by atoms with van der Waals surface area (Å²) in [6.45, 7) is 5.06. The lowest BCUT2D eigenvalue weighted by molar-refractivity contribution is 0.480. The van der Waals surface area contributed by atoms with Crippen LogP contribution in [0.4, 0.5) is 5.95 Å². The van der Waals surface area contributed by atoms with Crippen molar-refractivity contribution in [3.8, 4) is 11.4 Å². The molecule has 100 valence electrons. The van der Waals surface area contributed by atoms with E-state index in [-0.39, 0.29) is 0 Å². The predicted molar refractivity (Wildman–Crippen MR) is 84.2 cm³/mol. The molecule has 2 aromatic rings. The number of anilines is 1. The number of H-pyrrole nitrogens is 1. The van der Waals surface area contributed by atoms with E-state index in [1.807, 2.05) is 12.1 Å². The molecule has 2 N–H and O–H groups in total. The smallest absolute Gasteiger partial charge is 0.245 e. The van der Waals surface area contributed by atoms with Crippen LogP contribution in [0.15, 0.2) is 24.3 Å². The highest BCUT2D eigenvalue weighted by molar-refractivity contribution is 14.1. The van der Waals surface area contributed by atoms with Crippen molar-refractivity contribution in [1.29, 1.82) is 0 Å². The molecule has 1 atom stereocenters. The first-order valence-corrected chi connectivity index (χ1v) is 7.47. The highest BCUT2D eigenvalue weighted by atomic mass is 127. The minimum absolute atomic E-state index is 0.480. The highest BCUT2D eigenvalue weighted by Gasteiger charge is 2.19. The van der Waals surface area contributed by atoms with Gasteiger partial charge in [0.25, 0.3) is 0 Å². The van der Waals surface area contributed by atoms with Gasteiger partial charge in [0.2, 0.25) is 5.95 Å². The molecule has 1 aromatic carbocycles. The van der Waals surface area contributed by atoms with E-state index in [0.29, 0.717) is 6.04 Å². The summed E-state index contributed by atoms with van der Waals surface area (Å²) in [4.78, 5) is 6.83. The summed E-state index contributed by atoms with van der Waals surface area (Å²) < 4.78 is 1.20. The quantitative estimate of drug-likeness (QED) is 0.794. The van der Waals surface area contributed by atoms with E-state index in [4.69, 9.17) is 0 Å². The molecular formula is C13H16IN5. The van der Waals surface area contributed by atoms with Crippen LogP contribution < -0.4 is 10.2 Å². The molecule has 3 rings (SSSR count). The minimum atomic E-state index is 0.480. The zero-order chi connectivity index (χ0) is 13.2. The molecule has 0 saturated carbocycles. The van der Waals surface area contributed by atoms with Crippen LogP contribution in [0.5, 0.6) is 0 Å². The summed E-state index contributed by atoms with van der Waals surface area (Å²) in [5, 5.41) is 10.8. The van der Waals surface area contributed by atoms with Gasteiger partial charge in [-0.05, 0) is 41.6 Å². The molecule has 0 bridgehead atoms. The van der Waals surface area contributed by atoms with Gasteiger partial charge in [0.15, 0.2) is 5.82 Å². The number of benzene rings is 1. The van der Waals surface area contributed by atoms with Crippen LogP contribution in [0.3, 0.4) is 0 Å². The number of rotatable bonds is 2. The predicted octanol–water partition coefficient (Wildman–Crippen LogP) is 1.87. The Kier molecular flexibility index (Phi) is 3.69. The number of hydrogen-bond acceptors (Lipinski definition) is 4. The molecule has 5 nitrogen and oxygen atoms in total. The van der Waals surface area contributed by atoms with Gasteiger partial charge in [0.1, 0.15) is 0 Å². The maximum Gasteiger partial charge on any atom is 0.245 e. The van der Waals surface area contributed by atoms with Crippen LogP contribution >= 0.6 is 22.6 Å². The molecule has 1 fully saturated rings. The van der Waals surface area contributed by atoms with E-state index in [2.05, 4.69) is 67.0 Å². The summed E-state index contributed by atoms with van der Waals surface area (Å²) in [5.41, 5.74) is 1.08. The zero-order valence-corrected chi connectivity index (χ0v) is 12.9. The van der Waals surface area contributed by atoms with Crippen molar-refractivity contribution in [2.75, 3.05) is 24.5 Å². The second-order valence-electron chi connectivity index (χ2n) is 4.80. The Bertz CT molecular complexity index is 568. The number of piperazine rings is 1. The second kappa shape index (κ2) is 5.46. The van der Waals surface area contributed by atoms with Gasteiger partial charge in [-0.3, -0.25) is 5.10 Å². The van der Waals surface area contributed by atoms with Crippen molar-refractivity contribution in [2.24, 2.45) is 0 Å². The average Bonchev–Trinajstić information content (AvgIpc) is 2.88. The number of aromatic nitrogens is 3. The van der Waals surface area contributed by atoms with Crippen LogP contribution in [-0.4, -0.2) is 40.9 Å². The molecule has 1 aliphatic rings. The first-order chi connectivity index (χ1) is 9.22. The van der Waals surface area contributed by atoms with E-state index in [0.717, 1.165) is 37.0 Å². The Morgan fingerprint density at radius 1 is 1.42 bits per heavy atom. The van der Waals surface area contributed by atoms with Gasteiger partial charge in [-0.2, -0.15) is 4.98 Å². The van der Waals surface area contributed by atoms with Gasteiger partial charge in [0.05, 0.1) is 0 Å². The zero-order valence-electron chi connectivity index (χ0n) is 10.7. The van der Waals surface area contributed by atoms with Crippen LogP contribution in [0, 0.1) is 3.57 Å². The number of aromatic amines is 1. The third-order valence-electron chi connectivity index (χ3n) is 3.22. The largest absolute Gasteiger partial charge is 0.337 e. The van der Waals surface area contributed by atoms with Crippen LogP contribution in [0.2, 0.25) is 0 Å². The topological polar surface area (TPSA) is 56.8 Å². The first kappa shape index (κ1) is 12.9. The fourth-order valence-electron chi connectivity index (χ4n) is 2.27. The normalized spacial score (nSPS) is 19.7. The van der Waals surface area contributed by atoms with E-state index in [1.54, 1.807) is 0 Å². The Morgan fingerprint density at radius 3 is 3.11 bits per heavy atom. The molecule has 1 aromatic heterocycles. The fraction of sp³-hybridized carbons (Fsp3) is 0.385. The Balaban J connectivity index is 1.83. The van der Waals surface area contributed by atoms with Crippen LogP contribution in [0.25, 0.3) is 11.4 Å². The average molecular weight is 369 g/mol. The van der Waals surface area contributed by atoms with E-state index in [9.17, 15) is 0 Å². The maximum atomic E-state index is 4.61. The number of halogens is 1. The van der Waals surface area contributed by atoms with Gasteiger partial charge in [-0.25, -0.2) is 0 Å². The minimum Gasteiger partial charge on any atom is -0.337 e. The number of nitrogens with one attached hydrogen (secondary N) is 2. The van der Waals surface area contributed by atoms with Crippen molar-refractivity contribution in [3.05, 3.63) is 27.8 Å². The van der Waals surface area contributed by atoms with Crippen LogP contribution in [0.1, 0.15) is 6.92 Å². The van der Waals surface area contributed by atoms with Crippen molar-refractivity contribution < 1.29 is 0 Å². The molecule has 1 aliphatic heterocycles. The van der Waals surface area contributed by atoms with Gasteiger partial charge in [-0.15, -0.1) is 5.10 Å². The van der Waals surface area contributed by atoms with Gasteiger partial charge in [0, 0.05) is 34.8 Å². The molecule has 0 aliphatic carbocycles. The van der Waals surface area contributed by atoms with Crippen molar-refractivity contribution in [3.63, 3.8) is 0 Å². The maximum absolute atomic E-state index is 4.61. The lowest BCUT2D eigenvalue weighted by Gasteiger charge is -2.30. The standard InChI is InChI=1S/C13H16IN5/c1-9-8-19(6-5-15-9)13-16-12(17-18-13)10-3-2-4-11(14)7-10/h2-4,7,9,15H,5-6,8H2,1H3,(H,16,17,18). The SMILES string of the molecule is CC1CN(c2n[nH]c(-c3cccc(I)c3)n2)CCN1. The third kappa shape index (κ3) is 2.89.